The molecule has 30 heavy (non-hydrogen) atoms. The summed E-state index contributed by atoms with van der Waals surface area (Å²) in [4.78, 5) is 12.9. The van der Waals surface area contributed by atoms with Crippen molar-refractivity contribution < 1.29 is 20.1 Å². The van der Waals surface area contributed by atoms with Crippen LogP contribution in [0.4, 0.5) is 5.69 Å². The highest BCUT2D eigenvalue weighted by molar-refractivity contribution is 5.87. The summed E-state index contributed by atoms with van der Waals surface area (Å²) in [6, 6.07) is 18.5. The molecule has 2 aromatic carbocycles. The number of hydrogen-bond acceptors (Lipinski definition) is 4. The lowest BCUT2D eigenvalue weighted by atomic mass is 9.95. The van der Waals surface area contributed by atoms with Crippen LogP contribution in [0.25, 0.3) is 5.57 Å². The van der Waals surface area contributed by atoms with Gasteiger partial charge in [0.15, 0.2) is 0 Å². The molecule has 0 aliphatic heterocycles. The molecule has 0 saturated heterocycles. The fourth-order valence-corrected chi connectivity index (χ4v) is 3.17. The fourth-order valence-electron chi connectivity index (χ4n) is 3.17. The number of aliphatic hydroxyl groups is 2. The molecule has 0 aliphatic rings. The Hall–Kier alpha value is -2.89. The predicted molar refractivity (Wildman–Crippen MR) is 122 cm³/mol. The third-order valence-corrected chi connectivity index (χ3v) is 4.95. The first-order chi connectivity index (χ1) is 14.3. The van der Waals surface area contributed by atoms with Gasteiger partial charge in [-0.15, -0.1) is 0 Å². The maximum absolute atomic E-state index is 10.7. The molecule has 0 radical (unpaired) electrons. The molecule has 0 unspecified atom stereocenters. The number of aliphatic carboxylic acids is 1. The van der Waals surface area contributed by atoms with Crippen molar-refractivity contribution in [1.82, 2.24) is 0 Å². The number of hydrogen-bond donors (Lipinski definition) is 3. The number of allylic oxidation sites excluding steroid dienone is 2. The molecular weight excluding hydrogens is 378 g/mol. The number of para-hydroxylation sites is 1. The van der Waals surface area contributed by atoms with Crippen LogP contribution in [0.1, 0.15) is 37.8 Å². The lowest BCUT2D eigenvalue weighted by molar-refractivity contribution is -0.139. The lowest BCUT2D eigenvalue weighted by Gasteiger charge is -2.27. The highest BCUT2D eigenvalue weighted by Gasteiger charge is 2.15. The molecule has 0 amide bonds. The number of carboxylic acids is 1. The molecule has 2 aromatic rings. The van der Waals surface area contributed by atoms with Gasteiger partial charge in [0.1, 0.15) is 0 Å². The topological polar surface area (TPSA) is 81.0 Å². The van der Waals surface area contributed by atoms with Gasteiger partial charge in [-0.25, -0.2) is 0 Å². The summed E-state index contributed by atoms with van der Waals surface area (Å²) in [5.74, 6) is -1.09. The minimum atomic E-state index is -1.09. The number of benzene rings is 2. The van der Waals surface area contributed by atoms with Crippen LogP contribution in [0.5, 0.6) is 0 Å². The zero-order valence-corrected chi connectivity index (χ0v) is 17.8. The minimum Gasteiger partial charge on any atom is -0.481 e. The summed E-state index contributed by atoms with van der Waals surface area (Å²) in [5, 5.41) is 28.6. The summed E-state index contributed by atoms with van der Waals surface area (Å²) in [7, 11) is 2.07. The molecule has 2 rings (SSSR count). The standard InChI is InChI=1S/C25H31NO4/c1-18(2)26(3)24-15-8-7-13-23(24)22(19-10-5-4-6-11-19)14-9-12-20(27)16-21(28)17-25(29)30/h4-15,18,20-21,27-28H,16-17H2,1-3H3,(H,29,30)/b12-9+,22-14+/t20-,21-/m1/s1. The maximum atomic E-state index is 10.7. The van der Waals surface area contributed by atoms with E-state index in [0.717, 1.165) is 22.4 Å². The van der Waals surface area contributed by atoms with Gasteiger partial charge in [0.05, 0.1) is 18.6 Å². The zero-order valence-electron chi connectivity index (χ0n) is 17.8. The number of carboxylic acid groups (broad SMARTS) is 1. The molecule has 0 aromatic heterocycles. The molecule has 0 bridgehead atoms. The molecule has 5 heteroatoms. The lowest BCUT2D eigenvalue weighted by Crippen LogP contribution is -2.26. The predicted octanol–water partition coefficient (Wildman–Crippen LogP) is 4.11. The minimum absolute atomic E-state index is 0.0238. The first kappa shape index (κ1) is 23.4. The highest BCUT2D eigenvalue weighted by atomic mass is 16.4. The van der Waals surface area contributed by atoms with E-state index in [1.165, 1.54) is 0 Å². The van der Waals surface area contributed by atoms with E-state index in [0.29, 0.717) is 6.04 Å². The van der Waals surface area contributed by atoms with Crippen molar-refractivity contribution in [3.63, 3.8) is 0 Å². The van der Waals surface area contributed by atoms with Crippen molar-refractivity contribution in [2.24, 2.45) is 0 Å². The largest absolute Gasteiger partial charge is 0.481 e. The Bertz CT molecular complexity index is 874. The zero-order chi connectivity index (χ0) is 22.1. The van der Waals surface area contributed by atoms with Crippen LogP contribution in [0.15, 0.2) is 72.8 Å². The van der Waals surface area contributed by atoms with Crippen molar-refractivity contribution in [2.45, 2.75) is 44.9 Å². The summed E-state index contributed by atoms with van der Waals surface area (Å²) >= 11 is 0. The van der Waals surface area contributed by atoms with Gasteiger partial charge < -0.3 is 20.2 Å². The van der Waals surface area contributed by atoms with E-state index in [-0.39, 0.29) is 12.8 Å². The number of nitrogens with zero attached hydrogens (tertiary/aromatic N) is 1. The van der Waals surface area contributed by atoms with E-state index in [4.69, 9.17) is 5.11 Å². The van der Waals surface area contributed by atoms with E-state index in [1.807, 2.05) is 48.5 Å². The number of rotatable bonds is 10. The molecule has 160 valence electrons. The van der Waals surface area contributed by atoms with Gasteiger partial charge in [0.25, 0.3) is 0 Å². The normalized spacial score (nSPS) is 14.1. The third-order valence-electron chi connectivity index (χ3n) is 4.95. The summed E-state index contributed by atoms with van der Waals surface area (Å²) in [5.41, 5.74) is 4.23. The van der Waals surface area contributed by atoms with Crippen molar-refractivity contribution in [3.8, 4) is 0 Å². The van der Waals surface area contributed by atoms with E-state index in [1.54, 1.807) is 12.2 Å². The van der Waals surface area contributed by atoms with Crippen LogP contribution in [0.2, 0.25) is 0 Å². The molecule has 0 spiro atoms. The second-order valence-corrected chi connectivity index (χ2v) is 7.61. The number of anilines is 1. The summed E-state index contributed by atoms with van der Waals surface area (Å²) < 4.78 is 0. The summed E-state index contributed by atoms with van der Waals surface area (Å²) in [6.45, 7) is 4.28. The fraction of sp³-hybridized carbons (Fsp3) is 0.320. The Kier molecular flexibility index (Phi) is 8.84. The van der Waals surface area contributed by atoms with Gasteiger partial charge in [-0.3, -0.25) is 4.79 Å². The Morgan fingerprint density at radius 3 is 2.30 bits per heavy atom. The van der Waals surface area contributed by atoms with Gasteiger partial charge >= 0.3 is 5.97 Å². The summed E-state index contributed by atoms with van der Waals surface area (Å²) in [6.07, 6.45) is 2.85. The van der Waals surface area contributed by atoms with E-state index >= 15 is 0 Å². The van der Waals surface area contributed by atoms with Crippen LogP contribution in [-0.4, -0.2) is 46.6 Å². The van der Waals surface area contributed by atoms with Crippen molar-refractivity contribution >= 4 is 17.2 Å². The Balaban J connectivity index is 2.36. The molecule has 0 fully saturated rings. The smallest absolute Gasteiger partial charge is 0.305 e. The molecular formula is C25H31NO4. The average Bonchev–Trinajstić information content (AvgIpc) is 2.70. The highest BCUT2D eigenvalue weighted by Crippen LogP contribution is 2.32. The quantitative estimate of drug-likeness (QED) is 0.515. The van der Waals surface area contributed by atoms with Crippen LogP contribution in [0.3, 0.4) is 0 Å². The van der Waals surface area contributed by atoms with Crippen LogP contribution >= 0.6 is 0 Å². The third kappa shape index (κ3) is 6.87. The first-order valence-electron chi connectivity index (χ1n) is 10.1. The van der Waals surface area contributed by atoms with Gasteiger partial charge in [-0.1, -0.05) is 66.8 Å². The molecule has 2 atom stereocenters. The average molecular weight is 410 g/mol. The maximum Gasteiger partial charge on any atom is 0.305 e. The van der Waals surface area contributed by atoms with Gasteiger partial charge in [-0.2, -0.15) is 0 Å². The second-order valence-electron chi connectivity index (χ2n) is 7.61. The monoisotopic (exact) mass is 409 g/mol. The van der Waals surface area contributed by atoms with Crippen molar-refractivity contribution in [3.05, 3.63) is 84.0 Å². The number of aliphatic hydroxyl groups excluding tert-OH is 2. The van der Waals surface area contributed by atoms with Gasteiger partial charge in [0, 0.05) is 30.8 Å². The SMILES string of the molecule is CC(C)N(C)c1ccccc1/C(=C/C=C/[C@@H](O)C[C@@H](O)CC(=O)O)c1ccccc1. The molecule has 3 N–H and O–H groups in total. The second kappa shape index (κ2) is 11.3. The van der Waals surface area contributed by atoms with Gasteiger partial charge in [-0.05, 0) is 31.1 Å². The Morgan fingerprint density at radius 1 is 1.03 bits per heavy atom. The molecule has 0 heterocycles. The van der Waals surface area contributed by atoms with Gasteiger partial charge in [0.2, 0.25) is 0 Å². The van der Waals surface area contributed by atoms with Crippen molar-refractivity contribution in [2.75, 3.05) is 11.9 Å². The Labute approximate surface area is 178 Å². The molecule has 5 nitrogen and oxygen atoms in total. The van der Waals surface area contributed by atoms with Crippen LogP contribution in [0, 0.1) is 0 Å². The van der Waals surface area contributed by atoms with E-state index < -0.39 is 18.2 Å². The van der Waals surface area contributed by atoms with Crippen molar-refractivity contribution in [1.29, 1.82) is 0 Å². The number of carbonyl (C=O) groups is 1. The van der Waals surface area contributed by atoms with Crippen LogP contribution < -0.4 is 4.90 Å². The Morgan fingerprint density at radius 2 is 1.67 bits per heavy atom. The van der Waals surface area contributed by atoms with E-state index in [9.17, 15) is 15.0 Å². The molecule has 0 saturated carbocycles. The van der Waals surface area contributed by atoms with Crippen LogP contribution in [-0.2, 0) is 4.79 Å². The molecule has 0 aliphatic carbocycles. The first-order valence-corrected chi connectivity index (χ1v) is 10.1. The van der Waals surface area contributed by atoms with E-state index in [2.05, 4.69) is 37.9 Å².